The van der Waals surface area contributed by atoms with E-state index in [9.17, 15) is 9.59 Å². The van der Waals surface area contributed by atoms with E-state index in [1.807, 2.05) is 5.38 Å². The van der Waals surface area contributed by atoms with Crippen LogP contribution in [0.25, 0.3) is 0 Å². The van der Waals surface area contributed by atoms with Gasteiger partial charge >= 0.3 is 5.97 Å². The Morgan fingerprint density at radius 1 is 1.53 bits per heavy atom. The van der Waals surface area contributed by atoms with E-state index in [0.29, 0.717) is 19.4 Å². The Bertz CT molecular complexity index is 418. The summed E-state index contributed by atoms with van der Waals surface area (Å²) in [7, 11) is 1.69. The highest BCUT2D eigenvalue weighted by molar-refractivity contribution is 7.07. The van der Waals surface area contributed by atoms with Crippen LogP contribution in [-0.4, -0.2) is 33.9 Å². The predicted octanol–water partition coefficient (Wildman–Crippen LogP) is 1.21. The van der Waals surface area contributed by atoms with Gasteiger partial charge in [-0.25, -0.2) is 4.98 Å². The molecule has 1 N–H and O–H groups in total. The van der Waals surface area contributed by atoms with Gasteiger partial charge in [-0.15, -0.1) is 11.3 Å². The molecule has 17 heavy (non-hydrogen) atoms. The van der Waals surface area contributed by atoms with Crippen LogP contribution in [0.1, 0.15) is 18.5 Å². The Balaban J connectivity index is 1.93. The number of carbonyl (C=O) groups is 2. The Morgan fingerprint density at radius 2 is 2.24 bits per heavy atom. The van der Waals surface area contributed by atoms with Gasteiger partial charge < -0.3 is 10.0 Å². The van der Waals surface area contributed by atoms with Gasteiger partial charge in [0.2, 0.25) is 5.91 Å². The van der Waals surface area contributed by atoms with Crippen molar-refractivity contribution in [3.05, 3.63) is 16.6 Å². The average Bonchev–Trinajstić information content (AvgIpc) is 2.67. The number of nitrogens with zero attached hydrogens (tertiary/aromatic N) is 2. The number of aromatic nitrogens is 1. The van der Waals surface area contributed by atoms with Crippen LogP contribution in [0.15, 0.2) is 10.9 Å². The molecule has 1 amide bonds. The molecule has 2 atom stereocenters. The Hall–Kier alpha value is -1.43. The third-order valence-corrected chi connectivity index (χ3v) is 3.80. The summed E-state index contributed by atoms with van der Waals surface area (Å²) in [5, 5.41) is 10.8. The fraction of sp³-hybridized carbons (Fsp3) is 0.545. The molecule has 1 aromatic rings. The third-order valence-electron chi connectivity index (χ3n) is 3.17. The maximum atomic E-state index is 12.0. The molecule has 0 spiro atoms. The summed E-state index contributed by atoms with van der Waals surface area (Å²) in [5.41, 5.74) is 2.56. The predicted molar refractivity (Wildman–Crippen MR) is 62.4 cm³/mol. The molecule has 92 valence electrons. The maximum absolute atomic E-state index is 12.0. The van der Waals surface area contributed by atoms with Gasteiger partial charge in [-0.1, -0.05) is 0 Å². The number of hydrogen-bond donors (Lipinski definition) is 1. The van der Waals surface area contributed by atoms with Crippen LogP contribution in [0.5, 0.6) is 0 Å². The van der Waals surface area contributed by atoms with E-state index in [2.05, 4.69) is 4.98 Å². The van der Waals surface area contributed by atoms with Crippen LogP contribution >= 0.6 is 11.3 Å². The Labute approximate surface area is 103 Å². The highest BCUT2D eigenvalue weighted by Crippen LogP contribution is 2.35. The molecular formula is C11H14N2O3S. The van der Waals surface area contributed by atoms with Crippen LogP contribution < -0.4 is 0 Å². The van der Waals surface area contributed by atoms with E-state index in [1.165, 1.54) is 11.3 Å². The first-order valence-corrected chi connectivity index (χ1v) is 6.38. The summed E-state index contributed by atoms with van der Waals surface area (Å²) >= 11 is 1.48. The summed E-state index contributed by atoms with van der Waals surface area (Å²) in [6, 6.07) is 0. The van der Waals surface area contributed by atoms with Gasteiger partial charge in [0.25, 0.3) is 0 Å². The minimum atomic E-state index is -0.864. The molecule has 0 bridgehead atoms. The number of amides is 1. The lowest BCUT2D eigenvalue weighted by Crippen LogP contribution is -2.44. The number of hydrogen-bond acceptors (Lipinski definition) is 4. The topological polar surface area (TPSA) is 70.5 Å². The van der Waals surface area contributed by atoms with E-state index < -0.39 is 11.9 Å². The molecular weight excluding hydrogens is 240 g/mol. The van der Waals surface area contributed by atoms with Gasteiger partial charge in [0.1, 0.15) is 0 Å². The number of carboxylic acid groups (broad SMARTS) is 1. The standard InChI is InChI=1S/C11H14N2O3S/c1-13(4-7-5-17-6-12-7)10(14)8-2-3-9(8)11(15)16/h5-6,8-9H,2-4H2,1H3,(H,15,16). The van der Waals surface area contributed by atoms with Crippen molar-refractivity contribution in [2.24, 2.45) is 11.8 Å². The molecule has 0 radical (unpaired) electrons. The van der Waals surface area contributed by atoms with Crippen molar-refractivity contribution in [1.29, 1.82) is 0 Å². The second-order valence-electron chi connectivity index (χ2n) is 4.30. The van der Waals surface area contributed by atoms with Crippen molar-refractivity contribution >= 4 is 23.2 Å². The SMILES string of the molecule is CN(Cc1cscn1)C(=O)C1CCC1C(=O)O. The fourth-order valence-corrected chi connectivity index (χ4v) is 2.56. The quantitative estimate of drug-likeness (QED) is 0.876. The van der Waals surface area contributed by atoms with Gasteiger partial charge in [0, 0.05) is 12.4 Å². The monoisotopic (exact) mass is 254 g/mol. The molecule has 0 aromatic carbocycles. The van der Waals surface area contributed by atoms with E-state index in [-0.39, 0.29) is 11.8 Å². The molecule has 1 aliphatic rings. The number of rotatable bonds is 4. The number of aliphatic carboxylic acids is 1. The lowest BCUT2D eigenvalue weighted by Gasteiger charge is -2.34. The van der Waals surface area contributed by atoms with Crippen LogP contribution in [0.4, 0.5) is 0 Å². The molecule has 0 saturated heterocycles. The highest BCUT2D eigenvalue weighted by Gasteiger charge is 2.42. The minimum Gasteiger partial charge on any atom is -0.481 e. The molecule has 2 unspecified atom stereocenters. The van der Waals surface area contributed by atoms with Crippen molar-refractivity contribution in [2.75, 3.05) is 7.05 Å². The summed E-state index contributed by atoms with van der Waals surface area (Å²) < 4.78 is 0. The molecule has 6 heteroatoms. The van der Waals surface area contributed by atoms with Crippen molar-refractivity contribution in [2.45, 2.75) is 19.4 Å². The first-order valence-electron chi connectivity index (χ1n) is 5.44. The number of thiazole rings is 1. The second-order valence-corrected chi connectivity index (χ2v) is 5.02. The Morgan fingerprint density at radius 3 is 2.71 bits per heavy atom. The Kier molecular flexibility index (Phi) is 3.42. The van der Waals surface area contributed by atoms with Crippen LogP contribution in [0.2, 0.25) is 0 Å². The normalized spacial score (nSPS) is 22.9. The smallest absolute Gasteiger partial charge is 0.307 e. The summed E-state index contributed by atoms with van der Waals surface area (Å²) in [6.45, 7) is 0.450. The van der Waals surface area contributed by atoms with E-state index in [0.717, 1.165) is 5.69 Å². The van der Waals surface area contributed by atoms with E-state index >= 15 is 0 Å². The van der Waals surface area contributed by atoms with Crippen LogP contribution in [0, 0.1) is 11.8 Å². The molecule has 1 aromatic heterocycles. The van der Waals surface area contributed by atoms with Gasteiger partial charge in [-0.3, -0.25) is 9.59 Å². The van der Waals surface area contributed by atoms with Gasteiger partial charge in [0.05, 0.1) is 29.6 Å². The first-order chi connectivity index (χ1) is 8.09. The molecule has 1 saturated carbocycles. The van der Waals surface area contributed by atoms with Crippen LogP contribution in [-0.2, 0) is 16.1 Å². The van der Waals surface area contributed by atoms with Gasteiger partial charge in [0.15, 0.2) is 0 Å². The summed E-state index contributed by atoms with van der Waals surface area (Å²) in [5.74, 6) is -1.80. The minimum absolute atomic E-state index is 0.0864. The fourth-order valence-electron chi connectivity index (χ4n) is 2.01. The van der Waals surface area contributed by atoms with Crippen molar-refractivity contribution in [1.82, 2.24) is 9.88 Å². The third kappa shape index (κ3) is 2.46. The van der Waals surface area contributed by atoms with E-state index in [4.69, 9.17) is 5.11 Å². The lowest BCUT2D eigenvalue weighted by molar-refractivity contribution is -0.156. The zero-order chi connectivity index (χ0) is 12.4. The molecule has 1 aliphatic carbocycles. The summed E-state index contributed by atoms with van der Waals surface area (Å²) in [6.07, 6.45) is 1.29. The zero-order valence-corrected chi connectivity index (χ0v) is 10.3. The summed E-state index contributed by atoms with van der Waals surface area (Å²) in [4.78, 5) is 28.5. The number of carbonyl (C=O) groups excluding carboxylic acids is 1. The molecule has 1 fully saturated rings. The lowest BCUT2D eigenvalue weighted by atomic mass is 9.73. The maximum Gasteiger partial charge on any atom is 0.307 e. The van der Waals surface area contributed by atoms with Crippen LogP contribution in [0.3, 0.4) is 0 Å². The van der Waals surface area contributed by atoms with Gasteiger partial charge in [-0.05, 0) is 12.8 Å². The van der Waals surface area contributed by atoms with Gasteiger partial charge in [-0.2, -0.15) is 0 Å². The molecule has 0 aliphatic heterocycles. The second kappa shape index (κ2) is 4.83. The largest absolute Gasteiger partial charge is 0.481 e. The molecule has 5 nitrogen and oxygen atoms in total. The van der Waals surface area contributed by atoms with E-state index in [1.54, 1.807) is 17.5 Å². The highest BCUT2D eigenvalue weighted by atomic mass is 32.1. The first kappa shape index (κ1) is 12.0. The zero-order valence-electron chi connectivity index (χ0n) is 9.50. The molecule has 2 rings (SSSR count). The number of carboxylic acids is 1. The van der Waals surface area contributed by atoms with Crippen molar-refractivity contribution in [3.63, 3.8) is 0 Å². The van der Waals surface area contributed by atoms with Crippen molar-refractivity contribution in [3.8, 4) is 0 Å². The van der Waals surface area contributed by atoms with Crippen molar-refractivity contribution < 1.29 is 14.7 Å². The molecule has 1 heterocycles. The average molecular weight is 254 g/mol.